The van der Waals surface area contributed by atoms with Crippen LogP contribution in [0, 0.1) is 0 Å². The molecule has 27 heavy (non-hydrogen) atoms. The average Bonchev–Trinajstić information content (AvgIpc) is 2.72. The summed E-state index contributed by atoms with van der Waals surface area (Å²) in [6.45, 7) is 3.21. The first-order chi connectivity index (χ1) is 13.3. The minimum absolute atomic E-state index is 0.303. The Kier molecular flexibility index (Phi) is 7.09. The van der Waals surface area contributed by atoms with Crippen LogP contribution in [0.15, 0.2) is 60.4 Å². The molecule has 0 saturated carbocycles. The van der Waals surface area contributed by atoms with Crippen LogP contribution < -0.4 is 15.5 Å². The molecular formula is C24H30N2O. The van der Waals surface area contributed by atoms with Crippen LogP contribution in [0.5, 0.6) is 0 Å². The number of nitrogens with zero attached hydrogens (tertiary/aromatic N) is 2. The SMILES string of the molecule is CCCCCCCCN(C=C1CC=c2cccnc2=C1O)c1ccccc1. The van der Waals surface area contributed by atoms with Crippen molar-refractivity contribution in [2.24, 2.45) is 0 Å². The lowest BCUT2D eigenvalue weighted by molar-refractivity contribution is 0.499. The van der Waals surface area contributed by atoms with Crippen molar-refractivity contribution in [1.82, 2.24) is 4.98 Å². The fraction of sp³-hybridized carbons (Fsp3) is 0.375. The quantitative estimate of drug-likeness (QED) is 0.658. The van der Waals surface area contributed by atoms with E-state index in [9.17, 15) is 5.11 Å². The van der Waals surface area contributed by atoms with Gasteiger partial charge in [-0.25, -0.2) is 0 Å². The maximum atomic E-state index is 10.7. The minimum atomic E-state index is 0.303. The van der Waals surface area contributed by atoms with Crippen molar-refractivity contribution >= 4 is 17.5 Å². The molecule has 0 unspecified atom stereocenters. The summed E-state index contributed by atoms with van der Waals surface area (Å²) in [4.78, 5) is 6.63. The number of hydrogen-bond acceptors (Lipinski definition) is 3. The molecule has 142 valence electrons. The third-order valence-corrected chi connectivity index (χ3v) is 5.06. The van der Waals surface area contributed by atoms with E-state index >= 15 is 0 Å². The number of anilines is 1. The lowest BCUT2D eigenvalue weighted by atomic mass is 10.0. The molecule has 1 aromatic heterocycles. The standard InChI is InChI=1S/C24H30N2O/c1-2-3-4-5-6-10-18-26(22-13-8-7-9-14-22)19-21-16-15-20-12-11-17-25-23(20)24(21)27/h7-9,11-15,17,19,27H,2-6,10,16,18H2,1H3. The minimum Gasteiger partial charge on any atom is -0.505 e. The second-order valence-electron chi connectivity index (χ2n) is 7.15. The smallest absolute Gasteiger partial charge is 0.146 e. The van der Waals surface area contributed by atoms with Gasteiger partial charge in [-0.15, -0.1) is 0 Å². The Balaban J connectivity index is 1.77. The Morgan fingerprint density at radius 2 is 1.78 bits per heavy atom. The summed E-state index contributed by atoms with van der Waals surface area (Å²) < 4.78 is 0. The molecule has 3 nitrogen and oxygen atoms in total. The van der Waals surface area contributed by atoms with Gasteiger partial charge < -0.3 is 10.0 Å². The zero-order chi connectivity index (χ0) is 18.9. The van der Waals surface area contributed by atoms with Gasteiger partial charge in [0.2, 0.25) is 0 Å². The van der Waals surface area contributed by atoms with Gasteiger partial charge in [-0.2, -0.15) is 0 Å². The molecule has 1 N–H and O–H groups in total. The zero-order valence-corrected chi connectivity index (χ0v) is 16.3. The number of unbranched alkanes of at least 4 members (excludes halogenated alkanes) is 5. The summed E-state index contributed by atoms with van der Waals surface area (Å²) in [7, 11) is 0. The second kappa shape index (κ2) is 9.96. The predicted molar refractivity (Wildman–Crippen MR) is 114 cm³/mol. The highest BCUT2D eigenvalue weighted by atomic mass is 16.3. The van der Waals surface area contributed by atoms with E-state index in [1.165, 1.54) is 32.1 Å². The molecule has 3 heteroatoms. The maximum Gasteiger partial charge on any atom is 0.146 e. The van der Waals surface area contributed by atoms with E-state index in [2.05, 4.69) is 53.3 Å². The molecule has 1 heterocycles. The first kappa shape index (κ1) is 19.2. The zero-order valence-electron chi connectivity index (χ0n) is 16.3. The number of benzene rings is 1. The van der Waals surface area contributed by atoms with Gasteiger partial charge in [0.05, 0.1) is 0 Å². The molecule has 0 spiro atoms. The summed E-state index contributed by atoms with van der Waals surface area (Å²) in [5, 5.41) is 12.4. The predicted octanol–water partition coefficient (Wildman–Crippen LogP) is 4.68. The molecule has 0 radical (unpaired) electrons. The van der Waals surface area contributed by atoms with Crippen molar-refractivity contribution in [1.29, 1.82) is 0 Å². The van der Waals surface area contributed by atoms with Crippen LogP contribution >= 0.6 is 0 Å². The Bertz CT molecular complexity index is 871. The summed E-state index contributed by atoms with van der Waals surface area (Å²) in [5.41, 5.74) is 2.09. The number of aliphatic hydroxyl groups is 1. The van der Waals surface area contributed by atoms with Gasteiger partial charge in [0.25, 0.3) is 0 Å². The van der Waals surface area contributed by atoms with Gasteiger partial charge in [0, 0.05) is 35.4 Å². The number of aliphatic hydroxyl groups excluding tert-OH is 1. The molecule has 0 atom stereocenters. The lowest BCUT2D eigenvalue weighted by Gasteiger charge is -2.23. The molecule has 0 aliphatic heterocycles. The Labute approximate surface area is 162 Å². The summed E-state index contributed by atoms with van der Waals surface area (Å²) in [6, 6.07) is 14.3. The summed E-state index contributed by atoms with van der Waals surface area (Å²) in [6.07, 6.45) is 14.3. The van der Waals surface area contributed by atoms with Crippen LogP contribution in [0.25, 0.3) is 11.8 Å². The second-order valence-corrected chi connectivity index (χ2v) is 7.15. The van der Waals surface area contributed by atoms with E-state index in [0.717, 1.165) is 35.9 Å². The van der Waals surface area contributed by atoms with E-state index in [0.29, 0.717) is 11.1 Å². The molecule has 2 aromatic rings. The number of rotatable bonds is 9. The van der Waals surface area contributed by atoms with Gasteiger partial charge in [-0.1, -0.05) is 69.4 Å². The number of aromatic nitrogens is 1. The molecule has 1 aromatic carbocycles. The number of pyridine rings is 1. The van der Waals surface area contributed by atoms with Gasteiger partial charge in [-0.05, 0) is 31.0 Å². The lowest BCUT2D eigenvalue weighted by Crippen LogP contribution is -2.33. The maximum absolute atomic E-state index is 10.7. The van der Waals surface area contributed by atoms with Crippen molar-refractivity contribution in [2.75, 3.05) is 11.4 Å². The molecule has 0 saturated heterocycles. The van der Waals surface area contributed by atoms with Crippen molar-refractivity contribution in [3.05, 3.63) is 71.0 Å². The Hall–Kier alpha value is -2.55. The van der Waals surface area contributed by atoms with E-state index < -0.39 is 0 Å². The van der Waals surface area contributed by atoms with Crippen molar-refractivity contribution in [3.8, 4) is 0 Å². The van der Waals surface area contributed by atoms with E-state index in [1.807, 2.05) is 18.2 Å². The first-order valence-corrected chi connectivity index (χ1v) is 10.2. The summed E-state index contributed by atoms with van der Waals surface area (Å²) in [5.74, 6) is 0.303. The third kappa shape index (κ3) is 5.22. The van der Waals surface area contributed by atoms with Crippen LogP contribution in [-0.2, 0) is 0 Å². The van der Waals surface area contributed by atoms with E-state index in [1.54, 1.807) is 6.20 Å². The van der Waals surface area contributed by atoms with Crippen molar-refractivity contribution in [3.63, 3.8) is 0 Å². The van der Waals surface area contributed by atoms with E-state index in [-0.39, 0.29) is 0 Å². The first-order valence-electron chi connectivity index (χ1n) is 10.2. The van der Waals surface area contributed by atoms with Crippen LogP contribution in [0.3, 0.4) is 0 Å². The molecule has 1 aliphatic rings. The average molecular weight is 363 g/mol. The Morgan fingerprint density at radius 3 is 2.59 bits per heavy atom. The number of hydrogen-bond donors (Lipinski definition) is 1. The molecule has 0 amide bonds. The van der Waals surface area contributed by atoms with Gasteiger partial charge >= 0.3 is 0 Å². The highest BCUT2D eigenvalue weighted by Crippen LogP contribution is 2.21. The monoisotopic (exact) mass is 362 g/mol. The molecule has 0 fully saturated rings. The topological polar surface area (TPSA) is 36.4 Å². The summed E-state index contributed by atoms with van der Waals surface area (Å²) >= 11 is 0. The highest BCUT2D eigenvalue weighted by molar-refractivity contribution is 5.64. The molecule has 0 bridgehead atoms. The highest BCUT2D eigenvalue weighted by Gasteiger charge is 2.13. The van der Waals surface area contributed by atoms with Gasteiger partial charge in [0.1, 0.15) is 11.1 Å². The molecule has 1 aliphatic carbocycles. The van der Waals surface area contributed by atoms with Crippen LogP contribution in [0.1, 0.15) is 51.9 Å². The van der Waals surface area contributed by atoms with Crippen LogP contribution in [0.4, 0.5) is 5.69 Å². The van der Waals surface area contributed by atoms with Crippen LogP contribution in [-0.4, -0.2) is 16.6 Å². The molecular weight excluding hydrogens is 332 g/mol. The normalized spacial score (nSPS) is 14.7. The third-order valence-electron chi connectivity index (χ3n) is 5.06. The molecule has 3 rings (SSSR count). The van der Waals surface area contributed by atoms with Gasteiger partial charge in [-0.3, -0.25) is 4.98 Å². The van der Waals surface area contributed by atoms with Crippen LogP contribution in [0.2, 0.25) is 0 Å². The largest absolute Gasteiger partial charge is 0.505 e. The van der Waals surface area contributed by atoms with Gasteiger partial charge in [0.15, 0.2) is 0 Å². The van der Waals surface area contributed by atoms with E-state index in [4.69, 9.17) is 0 Å². The van der Waals surface area contributed by atoms with Crippen molar-refractivity contribution in [2.45, 2.75) is 51.9 Å². The fourth-order valence-corrected chi connectivity index (χ4v) is 3.50. The Morgan fingerprint density at radius 1 is 1.00 bits per heavy atom. The fourth-order valence-electron chi connectivity index (χ4n) is 3.50. The number of para-hydroxylation sites is 1. The van der Waals surface area contributed by atoms with Crippen molar-refractivity contribution < 1.29 is 5.11 Å². The number of fused-ring (bicyclic) bond motifs is 1.